The molecule has 0 aliphatic rings. The Kier molecular flexibility index (Phi) is 7.31. The Labute approximate surface area is 112 Å². The monoisotopic (exact) mass is 266 g/mol. The van der Waals surface area contributed by atoms with Gasteiger partial charge in [0, 0.05) is 6.08 Å². The van der Waals surface area contributed by atoms with Crippen molar-refractivity contribution in [2.45, 2.75) is 6.10 Å². The van der Waals surface area contributed by atoms with Crippen molar-refractivity contribution < 1.29 is 24.1 Å². The molecule has 0 heterocycles. The highest BCUT2D eigenvalue weighted by molar-refractivity contribution is 5.81. The summed E-state index contributed by atoms with van der Waals surface area (Å²) in [6, 6.07) is 9.37. The van der Waals surface area contributed by atoms with Crippen molar-refractivity contribution in [3.63, 3.8) is 0 Å². The van der Waals surface area contributed by atoms with Crippen LogP contribution in [0.1, 0.15) is 0 Å². The third-order valence-electron chi connectivity index (χ3n) is 2.13. The SMILES string of the molecule is C=CC(=O)OCC(O)COCCOc1ccccc1. The fraction of sp³-hybridized carbons (Fsp3) is 0.357. The molecule has 0 bridgehead atoms. The molecular weight excluding hydrogens is 248 g/mol. The van der Waals surface area contributed by atoms with Crippen LogP contribution in [-0.2, 0) is 14.3 Å². The van der Waals surface area contributed by atoms with E-state index in [0.717, 1.165) is 11.8 Å². The lowest BCUT2D eigenvalue weighted by atomic mass is 10.3. The highest BCUT2D eigenvalue weighted by Gasteiger charge is 2.06. The molecule has 1 N–H and O–H groups in total. The summed E-state index contributed by atoms with van der Waals surface area (Å²) in [6.07, 6.45) is 0.196. The number of hydrogen-bond acceptors (Lipinski definition) is 5. The maximum Gasteiger partial charge on any atom is 0.330 e. The molecule has 19 heavy (non-hydrogen) atoms. The molecule has 1 atom stereocenters. The fourth-order valence-corrected chi connectivity index (χ4v) is 1.24. The summed E-state index contributed by atoms with van der Waals surface area (Å²) in [5, 5.41) is 9.43. The van der Waals surface area contributed by atoms with Crippen LogP contribution in [-0.4, -0.2) is 43.6 Å². The molecule has 0 spiro atoms. The van der Waals surface area contributed by atoms with Gasteiger partial charge in [0.25, 0.3) is 0 Å². The zero-order valence-corrected chi connectivity index (χ0v) is 10.7. The zero-order chi connectivity index (χ0) is 13.9. The van der Waals surface area contributed by atoms with Gasteiger partial charge in [0.15, 0.2) is 0 Å². The van der Waals surface area contributed by atoms with Crippen LogP contribution in [0.4, 0.5) is 0 Å². The molecule has 1 unspecified atom stereocenters. The third-order valence-corrected chi connectivity index (χ3v) is 2.13. The number of aliphatic hydroxyl groups is 1. The molecule has 0 saturated carbocycles. The van der Waals surface area contributed by atoms with Crippen molar-refractivity contribution in [1.82, 2.24) is 0 Å². The van der Waals surface area contributed by atoms with E-state index in [-0.39, 0.29) is 13.2 Å². The summed E-state index contributed by atoms with van der Waals surface area (Å²) in [7, 11) is 0. The van der Waals surface area contributed by atoms with Gasteiger partial charge in [0.1, 0.15) is 25.1 Å². The van der Waals surface area contributed by atoms with Gasteiger partial charge in [-0.25, -0.2) is 4.79 Å². The van der Waals surface area contributed by atoms with Crippen LogP contribution in [0.2, 0.25) is 0 Å². The molecular formula is C14H18O5. The van der Waals surface area contributed by atoms with E-state index in [2.05, 4.69) is 11.3 Å². The molecule has 0 amide bonds. The highest BCUT2D eigenvalue weighted by atomic mass is 16.6. The molecule has 0 aromatic heterocycles. The van der Waals surface area contributed by atoms with Gasteiger partial charge in [-0.1, -0.05) is 24.8 Å². The van der Waals surface area contributed by atoms with Gasteiger partial charge in [-0.3, -0.25) is 0 Å². The Morgan fingerprint density at radius 1 is 1.26 bits per heavy atom. The second-order valence-corrected chi connectivity index (χ2v) is 3.72. The standard InChI is InChI=1S/C14H18O5/c1-2-14(16)19-11-12(15)10-17-8-9-18-13-6-4-3-5-7-13/h2-7,12,15H,1,8-11H2. The van der Waals surface area contributed by atoms with Gasteiger partial charge in [-0.2, -0.15) is 0 Å². The van der Waals surface area contributed by atoms with Gasteiger partial charge in [-0.15, -0.1) is 0 Å². The van der Waals surface area contributed by atoms with Crippen molar-refractivity contribution >= 4 is 5.97 Å². The van der Waals surface area contributed by atoms with Crippen molar-refractivity contribution in [3.8, 4) is 5.75 Å². The molecule has 0 fully saturated rings. The Hall–Kier alpha value is -1.85. The molecule has 0 aliphatic heterocycles. The summed E-state index contributed by atoms with van der Waals surface area (Å²) in [4.78, 5) is 10.7. The summed E-state index contributed by atoms with van der Waals surface area (Å²) in [5.74, 6) is 0.207. The maximum atomic E-state index is 10.7. The first-order chi connectivity index (χ1) is 9.22. The minimum absolute atomic E-state index is 0.0859. The first kappa shape index (κ1) is 15.2. The highest BCUT2D eigenvalue weighted by Crippen LogP contribution is 2.07. The maximum absolute atomic E-state index is 10.7. The average Bonchev–Trinajstić information content (AvgIpc) is 2.45. The predicted octanol–water partition coefficient (Wildman–Crippen LogP) is 1.17. The second-order valence-electron chi connectivity index (χ2n) is 3.72. The first-order valence-corrected chi connectivity index (χ1v) is 5.95. The van der Waals surface area contributed by atoms with E-state index >= 15 is 0 Å². The number of aliphatic hydroxyl groups excluding tert-OH is 1. The summed E-state index contributed by atoms with van der Waals surface area (Å²) in [5.41, 5.74) is 0. The number of benzene rings is 1. The van der Waals surface area contributed by atoms with E-state index in [4.69, 9.17) is 9.47 Å². The third kappa shape index (κ3) is 7.23. The van der Waals surface area contributed by atoms with Crippen molar-refractivity contribution in [1.29, 1.82) is 0 Å². The molecule has 5 nitrogen and oxygen atoms in total. The van der Waals surface area contributed by atoms with Crippen molar-refractivity contribution in [2.24, 2.45) is 0 Å². The number of carbonyl (C=O) groups is 1. The minimum Gasteiger partial charge on any atom is -0.491 e. The Morgan fingerprint density at radius 2 is 2.00 bits per heavy atom. The Morgan fingerprint density at radius 3 is 2.68 bits per heavy atom. The molecule has 1 aromatic carbocycles. The predicted molar refractivity (Wildman–Crippen MR) is 69.9 cm³/mol. The van der Waals surface area contributed by atoms with Crippen LogP contribution in [0.25, 0.3) is 0 Å². The van der Waals surface area contributed by atoms with Crippen LogP contribution in [0, 0.1) is 0 Å². The van der Waals surface area contributed by atoms with Gasteiger partial charge in [0.2, 0.25) is 0 Å². The topological polar surface area (TPSA) is 65.0 Å². The van der Waals surface area contributed by atoms with Crippen molar-refractivity contribution in [2.75, 3.05) is 26.4 Å². The zero-order valence-electron chi connectivity index (χ0n) is 10.7. The van der Waals surface area contributed by atoms with Crippen LogP contribution in [0.5, 0.6) is 5.75 Å². The normalized spacial score (nSPS) is 11.6. The molecule has 0 aliphatic carbocycles. The average molecular weight is 266 g/mol. The molecule has 0 radical (unpaired) electrons. The van der Waals surface area contributed by atoms with Gasteiger partial charge >= 0.3 is 5.97 Å². The lowest BCUT2D eigenvalue weighted by molar-refractivity contribution is -0.141. The summed E-state index contributed by atoms with van der Waals surface area (Å²) in [6.45, 7) is 3.97. The molecule has 104 valence electrons. The molecule has 1 rings (SSSR count). The first-order valence-electron chi connectivity index (χ1n) is 5.95. The molecule has 1 aromatic rings. The molecule has 0 saturated heterocycles. The lowest BCUT2D eigenvalue weighted by Crippen LogP contribution is -2.24. The largest absolute Gasteiger partial charge is 0.491 e. The number of hydrogen-bond donors (Lipinski definition) is 1. The Balaban J connectivity index is 2.01. The van der Waals surface area contributed by atoms with E-state index in [9.17, 15) is 9.90 Å². The Bertz CT molecular complexity index is 377. The van der Waals surface area contributed by atoms with Gasteiger partial charge < -0.3 is 19.3 Å². The van der Waals surface area contributed by atoms with E-state index in [0.29, 0.717) is 13.2 Å². The number of rotatable bonds is 9. The van der Waals surface area contributed by atoms with E-state index in [1.807, 2.05) is 30.3 Å². The fourth-order valence-electron chi connectivity index (χ4n) is 1.24. The molecule has 5 heteroatoms. The van der Waals surface area contributed by atoms with Crippen molar-refractivity contribution in [3.05, 3.63) is 43.0 Å². The summed E-state index contributed by atoms with van der Waals surface area (Å²) >= 11 is 0. The number of para-hydroxylation sites is 1. The van der Waals surface area contributed by atoms with Gasteiger partial charge in [0.05, 0.1) is 13.2 Å². The minimum atomic E-state index is -0.847. The van der Waals surface area contributed by atoms with Gasteiger partial charge in [-0.05, 0) is 12.1 Å². The smallest absolute Gasteiger partial charge is 0.330 e. The van der Waals surface area contributed by atoms with Crippen LogP contribution in [0.15, 0.2) is 43.0 Å². The van der Waals surface area contributed by atoms with Crippen LogP contribution < -0.4 is 4.74 Å². The van der Waals surface area contributed by atoms with E-state index < -0.39 is 12.1 Å². The second kappa shape index (κ2) is 9.13. The van der Waals surface area contributed by atoms with Crippen LogP contribution in [0.3, 0.4) is 0 Å². The lowest BCUT2D eigenvalue weighted by Gasteiger charge is -2.11. The number of esters is 1. The number of carbonyl (C=O) groups excluding carboxylic acids is 1. The van der Waals surface area contributed by atoms with Crippen LogP contribution >= 0.6 is 0 Å². The number of ether oxygens (including phenoxy) is 3. The van der Waals surface area contributed by atoms with E-state index in [1.165, 1.54) is 0 Å². The quantitative estimate of drug-likeness (QED) is 0.413. The van der Waals surface area contributed by atoms with E-state index in [1.54, 1.807) is 0 Å². The summed E-state index contributed by atoms with van der Waals surface area (Å²) < 4.78 is 15.3.